The van der Waals surface area contributed by atoms with Crippen molar-refractivity contribution in [2.24, 2.45) is 17.6 Å². The number of imidazole rings is 1. The van der Waals surface area contributed by atoms with Crippen LogP contribution < -0.4 is 21.7 Å². The maximum Gasteiger partial charge on any atom is 0.306 e. The summed E-state index contributed by atoms with van der Waals surface area (Å²) in [6.45, 7) is 6.65. The SMILES string of the molecule is CC(C)(C)NC(=O)[C@@H]1C[C@@H]2CCCC[C@@H]2CN1C[C@@H](OC(=O)CCc1c[nH]cn1)[C@H](Cc1ccccc1)NC(=O)[C@H](CC(N)=O)NC(=O)c1ccc2ccccc2n1. The molecule has 0 spiro atoms. The van der Waals surface area contributed by atoms with Crippen LogP contribution in [0.25, 0.3) is 10.9 Å². The number of H-pyrrole nitrogens is 1. The number of carbonyl (C=O) groups is 5. The number of hydrogen-bond donors (Lipinski definition) is 5. The minimum absolute atomic E-state index is 0.0328. The Hall–Kier alpha value is -5.63. The van der Waals surface area contributed by atoms with E-state index in [1.54, 1.807) is 30.7 Å². The van der Waals surface area contributed by atoms with Crippen molar-refractivity contribution in [1.29, 1.82) is 0 Å². The summed E-state index contributed by atoms with van der Waals surface area (Å²) >= 11 is 0. The quantitative estimate of drug-likeness (QED) is 0.104. The molecule has 14 heteroatoms. The number of aromatic nitrogens is 3. The number of aryl methyl sites for hydroxylation is 1. The number of para-hydroxylation sites is 1. The van der Waals surface area contributed by atoms with E-state index in [2.05, 4.69) is 35.8 Å². The van der Waals surface area contributed by atoms with Crippen molar-refractivity contribution >= 4 is 40.5 Å². The van der Waals surface area contributed by atoms with Crippen LogP contribution in [0.2, 0.25) is 0 Å². The van der Waals surface area contributed by atoms with Gasteiger partial charge in [-0.2, -0.15) is 0 Å². The lowest BCUT2D eigenvalue weighted by molar-refractivity contribution is -0.154. The maximum atomic E-state index is 14.4. The van der Waals surface area contributed by atoms with Gasteiger partial charge in [0.1, 0.15) is 17.8 Å². The number of amides is 4. The molecule has 14 nitrogen and oxygen atoms in total. The molecule has 1 saturated heterocycles. The standard InChI is InChI=1S/C44H56N8O6/c1-44(2,3)51-43(57)37-22-30-14-7-8-15-31(30)25-52(37)26-38(58-40(54)20-18-32-24-46-27-47-32)35(21-28-11-5-4-6-12-28)49-42(56)36(23-39(45)53)50-41(55)34-19-17-29-13-9-10-16-33(29)48-34/h4-6,9-13,16-17,19,24,27,30-31,35-38H,7-8,14-15,18,20-23,25-26H2,1-3H3,(H2,45,53)(H,46,47)(H,49,56)(H,50,55)(H,51,57)/t30-,31+,35-,36-,37-,38+/m0/s1. The molecule has 1 saturated carbocycles. The molecule has 2 fully saturated rings. The van der Waals surface area contributed by atoms with E-state index >= 15 is 0 Å². The molecule has 58 heavy (non-hydrogen) atoms. The van der Waals surface area contributed by atoms with Gasteiger partial charge in [0.05, 0.1) is 42.5 Å². The Morgan fingerprint density at radius 3 is 2.41 bits per heavy atom. The zero-order chi connectivity index (χ0) is 41.2. The van der Waals surface area contributed by atoms with E-state index in [1.165, 1.54) is 0 Å². The van der Waals surface area contributed by atoms with Gasteiger partial charge in [-0.15, -0.1) is 0 Å². The monoisotopic (exact) mass is 792 g/mol. The van der Waals surface area contributed by atoms with Gasteiger partial charge in [-0.1, -0.05) is 73.9 Å². The van der Waals surface area contributed by atoms with Crippen LogP contribution in [0.4, 0.5) is 0 Å². The fourth-order valence-corrected chi connectivity index (χ4v) is 8.25. The minimum Gasteiger partial charge on any atom is -0.459 e. The molecule has 6 N–H and O–H groups in total. The van der Waals surface area contributed by atoms with Crippen LogP contribution in [0.1, 0.15) is 87.5 Å². The number of ether oxygens (including phenoxy) is 1. The summed E-state index contributed by atoms with van der Waals surface area (Å²) in [5, 5.41) is 9.75. The van der Waals surface area contributed by atoms with Gasteiger partial charge in [-0.05, 0) is 69.6 Å². The highest BCUT2D eigenvalue weighted by atomic mass is 16.5. The van der Waals surface area contributed by atoms with E-state index < -0.39 is 59.9 Å². The van der Waals surface area contributed by atoms with Crippen LogP contribution in [0.15, 0.2) is 79.3 Å². The molecular weight excluding hydrogens is 737 g/mol. The predicted octanol–water partition coefficient (Wildman–Crippen LogP) is 4.00. The molecule has 0 unspecified atom stereocenters. The Morgan fingerprint density at radius 2 is 1.69 bits per heavy atom. The number of pyridine rings is 1. The van der Waals surface area contributed by atoms with Crippen molar-refractivity contribution in [2.75, 3.05) is 13.1 Å². The molecule has 3 heterocycles. The third-order valence-corrected chi connectivity index (χ3v) is 11.1. The summed E-state index contributed by atoms with van der Waals surface area (Å²) in [7, 11) is 0. The number of aromatic amines is 1. The average Bonchev–Trinajstić information content (AvgIpc) is 3.72. The second-order valence-corrected chi connectivity index (χ2v) is 16.7. The molecule has 0 radical (unpaired) electrons. The Kier molecular flexibility index (Phi) is 13.9. The number of nitrogens with two attached hydrogens (primary N) is 1. The third-order valence-electron chi connectivity index (χ3n) is 11.1. The van der Waals surface area contributed by atoms with E-state index in [1.807, 2.05) is 69.3 Å². The first-order chi connectivity index (χ1) is 27.8. The summed E-state index contributed by atoms with van der Waals surface area (Å²) in [6, 6.07) is 17.4. The highest BCUT2D eigenvalue weighted by Crippen LogP contribution is 2.39. The minimum atomic E-state index is -1.36. The van der Waals surface area contributed by atoms with Gasteiger partial charge in [0.2, 0.25) is 17.7 Å². The van der Waals surface area contributed by atoms with Gasteiger partial charge in [-0.25, -0.2) is 9.97 Å². The van der Waals surface area contributed by atoms with Gasteiger partial charge in [0.15, 0.2) is 0 Å². The van der Waals surface area contributed by atoms with E-state index in [-0.39, 0.29) is 31.0 Å². The zero-order valence-corrected chi connectivity index (χ0v) is 33.6. The first-order valence-electron chi connectivity index (χ1n) is 20.3. The van der Waals surface area contributed by atoms with Crippen LogP contribution in [0.3, 0.4) is 0 Å². The van der Waals surface area contributed by atoms with Crippen LogP contribution in [-0.2, 0) is 36.8 Å². The number of fused-ring (bicyclic) bond motifs is 2. The summed E-state index contributed by atoms with van der Waals surface area (Å²) in [4.78, 5) is 81.8. The lowest BCUT2D eigenvalue weighted by Crippen LogP contribution is -2.61. The summed E-state index contributed by atoms with van der Waals surface area (Å²) in [5.74, 6) is -1.93. The van der Waals surface area contributed by atoms with Gasteiger partial charge < -0.3 is 31.4 Å². The molecule has 4 amide bonds. The second kappa shape index (κ2) is 19.2. The molecule has 308 valence electrons. The maximum absolute atomic E-state index is 14.4. The number of benzene rings is 2. The van der Waals surface area contributed by atoms with Crippen LogP contribution >= 0.6 is 0 Å². The number of nitrogens with zero attached hydrogens (tertiary/aromatic N) is 3. The summed E-state index contributed by atoms with van der Waals surface area (Å²) in [6.07, 6.45) is 7.50. The van der Waals surface area contributed by atoms with Crippen molar-refractivity contribution in [3.05, 3.63) is 96.2 Å². The van der Waals surface area contributed by atoms with E-state index in [0.29, 0.717) is 42.4 Å². The Labute approximate surface area is 339 Å². The molecule has 4 aromatic rings. The number of hydrogen-bond acceptors (Lipinski definition) is 9. The zero-order valence-electron chi connectivity index (χ0n) is 33.6. The molecule has 1 aliphatic carbocycles. The normalized spacial score (nSPS) is 19.9. The summed E-state index contributed by atoms with van der Waals surface area (Å²) in [5.41, 5.74) is 7.39. The van der Waals surface area contributed by atoms with Crippen LogP contribution in [0, 0.1) is 11.8 Å². The number of primary amides is 1. The number of likely N-dealkylation sites (tertiary alicyclic amines) is 1. The van der Waals surface area contributed by atoms with Crippen molar-refractivity contribution in [2.45, 2.75) is 108 Å². The fourth-order valence-electron chi connectivity index (χ4n) is 8.25. The lowest BCUT2D eigenvalue weighted by atomic mass is 9.72. The average molecular weight is 793 g/mol. The molecule has 2 aliphatic rings. The molecule has 6 atom stereocenters. The lowest BCUT2D eigenvalue weighted by Gasteiger charge is -2.47. The van der Waals surface area contributed by atoms with Crippen molar-refractivity contribution in [3.8, 4) is 0 Å². The van der Waals surface area contributed by atoms with Gasteiger partial charge >= 0.3 is 5.97 Å². The Morgan fingerprint density at radius 1 is 0.948 bits per heavy atom. The van der Waals surface area contributed by atoms with Crippen LogP contribution in [-0.4, -0.2) is 92.3 Å². The number of rotatable bonds is 16. The molecule has 6 rings (SSSR count). The summed E-state index contributed by atoms with van der Waals surface area (Å²) < 4.78 is 6.35. The Bertz CT molecular complexity index is 2030. The molecular formula is C44H56N8O6. The van der Waals surface area contributed by atoms with E-state index in [9.17, 15) is 24.0 Å². The number of nitrogens with one attached hydrogen (secondary N) is 4. The first kappa shape index (κ1) is 42.0. The van der Waals surface area contributed by atoms with Gasteiger partial charge in [0.25, 0.3) is 5.91 Å². The predicted molar refractivity (Wildman–Crippen MR) is 219 cm³/mol. The molecule has 2 aromatic carbocycles. The van der Waals surface area contributed by atoms with Crippen LogP contribution in [0.5, 0.6) is 0 Å². The molecule has 1 aliphatic heterocycles. The van der Waals surface area contributed by atoms with Crippen molar-refractivity contribution in [3.63, 3.8) is 0 Å². The van der Waals surface area contributed by atoms with Gasteiger partial charge in [-0.3, -0.25) is 28.9 Å². The van der Waals surface area contributed by atoms with Crippen molar-refractivity contribution in [1.82, 2.24) is 35.8 Å². The molecule has 0 bridgehead atoms. The highest BCUT2D eigenvalue weighted by molar-refractivity contribution is 5.99. The number of piperidine rings is 1. The first-order valence-corrected chi connectivity index (χ1v) is 20.3. The smallest absolute Gasteiger partial charge is 0.306 e. The highest BCUT2D eigenvalue weighted by Gasteiger charge is 2.43. The van der Waals surface area contributed by atoms with Crippen molar-refractivity contribution < 1.29 is 28.7 Å². The second-order valence-electron chi connectivity index (χ2n) is 16.7. The Balaban J connectivity index is 1.31. The van der Waals surface area contributed by atoms with E-state index in [4.69, 9.17) is 10.5 Å². The topological polar surface area (TPSA) is 202 Å². The fraction of sp³-hybridized carbons (Fsp3) is 0.477. The van der Waals surface area contributed by atoms with E-state index in [0.717, 1.165) is 36.6 Å². The third kappa shape index (κ3) is 11.7. The van der Waals surface area contributed by atoms with Gasteiger partial charge in [0, 0.05) is 36.6 Å². The number of esters is 1. The number of carbonyl (C=O) groups excluding carboxylic acids is 5. The molecule has 2 aromatic heterocycles. The largest absolute Gasteiger partial charge is 0.459 e.